The summed E-state index contributed by atoms with van der Waals surface area (Å²) in [6.45, 7) is 3.42. The van der Waals surface area contributed by atoms with Gasteiger partial charge in [0, 0.05) is 12.8 Å². The second-order valence-electron chi connectivity index (χ2n) is 8.30. The van der Waals surface area contributed by atoms with Crippen LogP contribution in [-0.2, 0) is 28.2 Å². The van der Waals surface area contributed by atoms with Gasteiger partial charge < -0.3 is 23.8 Å². The van der Waals surface area contributed by atoms with Crippen LogP contribution in [0.4, 0.5) is 0 Å². The van der Waals surface area contributed by atoms with Crippen molar-refractivity contribution in [3.63, 3.8) is 0 Å². The molecule has 0 aliphatic carbocycles. The number of phosphoric acid groups is 1. The maximum atomic E-state index is 12.0. The van der Waals surface area contributed by atoms with Crippen LogP contribution in [0.5, 0.6) is 0 Å². The molecule has 0 aliphatic rings. The number of unbranched alkanes of at least 4 members (excludes halogenated alkanes) is 12. The minimum absolute atomic E-state index is 0. The zero-order valence-electron chi connectivity index (χ0n) is 21.1. The zero-order valence-corrected chi connectivity index (χ0v) is 24.0. The number of hydrogen-bond donors (Lipinski definition) is 1. The molecule has 0 fully saturated rings. The van der Waals surface area contributed by atoms with Crippen LogP contribution in [0.1, 0.15) is 117 Å². The van der Waals surface area contributed by atoms with Crippen LogP contribution in [0.15, 0.2) is 0 Å². The summed E-state index contributed by atoms with van der Waals surface area (Å²) >= 11 is 0. The largest absolute Gasteiger partial charge is 1.00 e. The van der Waals surface area contributed by atoms with E-state index >= 15 is 0 Å². The van der Waals surface area contributed by atoms with Gasteiger partial charge in [0.2, 0.25) is 0 Å². The molecule has 0 saturated carbocycles. The minimum atomic E-state index is -4.97. The first-order valence-corrected chi connectivity index (χ1v) is 13.8. The van der Waals surface area contributed by atoms with Gasteiger partial charge in [0.1, 0.15) is 6.61 Å². The monoisotopic (exact) mass is 502 g/mol. The first-order chi connectivity index (χ1) is 15.3. The smallest absolute Gasteiger partial charge is 0.756 e. The Morgan fingerprint density at radius 1 is 0.758 bits per heavy atom. The number of rotatable bonds is 22. The Bertz CT molecular complexity index is 527. The SMILES string of the molecule is CCCCCCCCCC(=O)OC[C@H](COP(=O)([O-])O)OC(=O)CCCCCCCCC.[Na+]. The molecule has 0 rings (SSSR count). The van der Waals surface area contributed by atoms with E-state index < -0.39 is 32.5 Å². The van der Waals surface area contributed by atoms with E-state index in [0.717, 1.165) is 44.9 Å². The van der Waals surface area contributed by atoms with Gasteiger partial charge in [-0.1, -0.05) is 90.9 Å². The second-order valence-corrected chi connectivity index (χ2v) is 9.50. The maximum absolute atomic E-state index is 12.0. The number of ether oxygens (including phenoxy) is 2. The molecule has 0 radical (unpaired) electrons. The van der Waals surface area contributed by atoms with Gasteiger partial charge in [-0.25, -0.2) is 0 Å². The summed E-state index contributed by atoms with van der Waals surface area (Å²) in [7, 11) is -4.97. The Labute approximate surface area is 222 Å². The molecule has 0 heterocycles. The fourth-order valence-corrected chi connectivity index (χ4v) is 3.60. The molecule has 0 aromatic carbocycles. The van der Waals surface area contributed by atoms with Crippen molar-refractivity contribution < 1.29 is 67.5 Å². The van der Waals surface area contributed by atoms with Gasteiger partial charge in [0.05, 0.1) is 6.61 Å². The Morgan fingerprint density at radius 3 is 1.64 bits per heavy atom. The fraction of sp³-hybridized carbons (Fsp3) is 0.913. The number of carbonyl (C=O) groups is 2. The molecule has 0 bridgehead atoms. The van der Waals surface area contributed by atoms with Gasteiger partial charge in [0.15, 0.2) is 6.10 Å². The summed E-state index contributed by atoms with van der Waals surface area (Å²) in [5, 5.41) is 0. The molecule has 2 atom stereocenters. The standard InChI is InChI=1S/C23H45O8P.Na/c1-3-5-7-9-11-13-15-17-22(24)29-19-21(20-30-32(26,27)28)31-23(25)18-16-14-12-10-8-6-4-2;/h21H,3-20H2,1-2H3,(H2,26,27,28);/q;+1/p-1/t21-;/m1./s1. The molecule has 1 N–H and O–H groups in total. The maximum Gasteiger partial charge on any atom is 1.00 e. The normalized spacial score (nSPS) is 13.6. The molecule has 0 aromatic heterocycles. The van der Waals surface area contributed by atoms with Gasteiger partial charge in [0.25, 0.3) is 7.82 Å². The Balaban J connectivity index is 0. The van der Waals surface area contributed by atoms with E-state index in [1.165, 1.54) is 38.5 Å². The number of hydrogen-bond acceptors (Lipinski definition) is 7. The van der Waals surface area contributed by atoms with E-state index in [2.05, 4.69) is 18.4 Å². The predicted molar refractivity (Wildman–Crippen MR) is 122 cm³/mol. The number of esters is 2. The van der Waals surface area contributed by atoms with Crippen molar-refractivity contribution in [1.82, 2.24) is 0 Å². The van der Waals surface area contributed by atoms with E-state index in [9.17, 15) is 19.0 Å². The molecule has 8 nitrogen and oxygen atoms in total. The molecule has 0 aliphatic heterocycles. The van der Waals surface area contributed by atoms with Crippen LogP contribution >= 0.6 is 7.82 Å². The third-order valence-electron chi connectivity index (χ3n) is 5.12. The van der Waals surface area contributed by atoms with E-state index in [-0.39, 0.29) is 49.0 Å². The van der Waals surface area contributed by atoms with Crippen molar-refractivity contribution in [2.75, 3.05) is 13.2 Å². The second kappa shape index (κ2) is 23.8. The van der Waals surface area contributed by atoms with Gasteiger partial charge >= 0.3 is 41.5 Å². The fourth-order valence-electron chi connectivity index (χ4n) is 3.25. The summed E-state index contributed by atoms with van der Waals surface area (Å²) in [5.74, 6) is -0.935. The molecule has 1 unspecified atom stereocenters. The van der Waals surface area contributed by atoms with E-state index in [0.29, 0.717) is 6.42 Å². The first-order valence-electron chi connectivity index (χ1n) is 12.3. The molecular weight excluding hydrogens is 458 g/mol. The van der Waals surface area contributed by atoms with Crippen LogP contribution in [0.2, 0.25) is 0 Å². The Morgan fingerprint density at radius 2 is 1.18 bits per heavy atom. The molecule has 0 saturated heterocycles. The third-order valence-corrected chi connectivity index (χ3v) is 5.60. The molecule has 0 amide bonds. The van der Waals surface area contributed by atoms with Crippen molar-refractivity contribution >= 4 is 19.8 Å². The van der Waals surface area contributed by atoms with E-state index in [1.54, 1.807) is 0 Å². The van der Waals surface area contributed by atoms with Gasteiger partial charge in [-0.15, -0.1) is 0 Å². The molecule has 190 valence electrons. The topological polar surface area (TPSA) is 122 Å². The summed E-state index contributed by atoms with van der Waals surface area (Å²) in [6.07, 6.45) is 14.3. The average molecular weight is 503 g/mol. The minimum Gasteiger partial charge on any atom is -0.756 e. The molecule has 0 aromatic rings. The van der Waals surface area contributed by atoms with Gasteiger partial charge in [-0.3, -0.25) is 14.2 Å². The van der Waals surface area contributed by atoms with Gasteiger partial charge in [-0.2, -0.15) is 0 Å². The van der Waals surface area contributed by atoms with Crippen molar-refractivity contribution in [1.29, 1.82) is 0 Å². The Kier molecular flexibility index (Phi) is 25.4. The molecule has 0 spiro atoms. The van der Waals surface area contributed by atoms with Crippen LogP contribution in [0, 0.1) is 0 Å². The predicted octanol–water partition coefficient (Wildman–Crippen LogP) is 2.20. The summed E-state index contributed by atoms with van der Waals surface area (Å²) in [6, 6.07) is 0. The third kappa shape index (κ3) is 26.5. The van der Waals surface area contributed by atoms with Crippen molar-refractivity contribution in [3.8, 4) is 0 Å². The van der Waals surface area contributed by atoms with Crippen molar-refractivity contribution in [3.05, 3.63) is 0 Å². The summed E-state index contributed by atoms with van der Waals surface area (Å²) in [5.41, 5.74) is 0. The van der Waals surface area contributed by atoms with Crippen LogP contribution in [-0.4, -0.2) is 36.1 Å². The van der Waals surface area contributed by atoms with E-state index in [4.69, 9.17) is 14.4 Å². The van der Waals surface area contributed by atoms with Crippen LogP contribution in [0.3, 0.4) is 0 Å². The van der Waals surface area contributed by atoms with Crippen molar-refractivity contribution in [2.45, 2.75) is 123 Å². The quantitative estimate of drug-likeness (QED) is 0.103. The first kappa shape index (κ1) is 35.2. The van der Waals surface area contributed by atoms with Crippen molar-refractivity contribution in [2.24, 2.45) is 0 Å². The Hall–Kier alpha value is 0.0500. The van der Waals surface area contributed by atoms with Crippen LogP contribution < -0.4 is 34.5 Å². The van der Waals surface area contributed by atoms with E-state index in [1.807, 2.05) is 0 Å². The summed E-state index contributed by atoms with van der Waals surface area (Å²) < 4.78 is 25.5. The van der Waals surface area contributed by atoms with Crippen LogP contribution in [0.25, 0.3) is 0 Å². The zero-order chi connectivity index (χ0) is 24.1. The molecule has 10 heteroatoms. The number of carbonyl (C=O) groups excluding carboxylic acids is 2. The molecule has 33 heavy (non-hydrogen) atoms. The molecular formula is C23H44NaO8P. The van der Waals surface area contributed by atoms with Gasteiger partial charge in [-0.05, 0) is 12.8 Å². The number of phosphoric ester groups is 1. The summed E-state index contributed by atoms with van der Waals surface area (Å²) in [4.78, 5) is 43.6. The average Bonchev–Trinajstić information content (AvgIpc) is 2.73.